The first-order valence-corrected chi connectivity index (χ1v) is 7.19. The molecule has 2 N–H and O–H groups in total. The van der Waals surface area contributed by atoms with Crippen molar-refractivity contribution in [3.8, 4) is 0 Å². The molecule has 0 heterocycles. The van der Waals surface area contributed by atoms with Gasteiger partial charge in [0.05, 0.1) is 0 Å². The van der Waals surface area contributed by atoms with Crippen LogP contribution in [0.25, 0.3) is 0 Å². The lowest BCUT2D eigenvalue weighted by molar-refractivity contribution is 0.333. The monoisotopic (exact) mass is 237 g/mol. The second-order valence-electron chi connectivity index (χ2n) is 6.07. The summed E-state index contributed by atoms with van der Waals surface area (Å²) in [4.78, 5) is 4.34. The molecule has 2 fully saturated rings. The third-order valence-corrected chi connectivity index (χ3v) is 4.41. The van der Waals surface area contributed by atoms with Gasteiger partial charge in [0.25, 0.3) is 0 Å². The van der Waals surface area contributed by atoms with Crippen LogP contribution in [-0.4, -0.2) is 25.6 Å². The highest BCUT2D eigenvalue weighted by Gasteiger charge is 2.28. The summed E-state index contributed by atoms with van der Waals surface area (Å²) in [5, 5.41) is 7.06. The first kappa shape index (κ1) is 12.7. The van der Waals surface area contributed by atoms with Crippen molar-refractivity contribution >= 4 is 5.96 Å². The minimum Gasteiger partial charge on any atom is -0.356 e. The van der Waals surface area contributed by atoms with Crippen molar-refractivity contribution in [1.82, 2.24) is 10.6 Å². The molecule has 0 spiro atoms. The fourth-order valence-electron chi connectivity index (χ4n) is 3.16. The van der Waals surface area contributed by atoms with Crippen LogP contribution in [0.3, 0.4) is 0 Å². The van der Waals surface area contributed by atoms with Gasteiger partial charge in [-0.3, -0.25) is 4.99 Å². The van der Waals surface area contributed by atoms with E-state index in [1.165, 1.54) is 51.4 Å². The quantitative estimate of drug-likeness (QED) is 0.585. The fraction of sp³-hybridized carbons (Fsp3) is 0.929. The highest BCUT2D eigenvalue weighted by Crippen LogP contribution is 2.36. The Morgan fingerprint density at radius 3 is 2.41 bits per heavy atom. The smallest absolute Gasteiger partial charge is 0.191 e. The lowest BCUT2D eigenvalue weighted by atomic mass is 9.89. The van der Waals surface area contributed by atoms with E-state index in [1.807, 2.05) is 7.05 Å². The van der Waals surface area contributed by atoms with Crippen LogP contribution in [0, 0.1) is 5.41 Å². The molecule has 0 unspecified atom stereocenters. The molecule has 0 aromatic carbocycles. The standard InChI is InChI=1S/C14H27N3/c1-14(9-5-6-10-14)11-16-13(15-2)17-12-7-3-4-8-12/h12H,3-11H2,1-2H3,(H2,15,16,17). The predicted molar refractivity (Wildman–Crippen MR) is 73.3 cm³/mol. The van der Waals surface area contributed by atoms with E-state index in [1.54, 1.807) is 0 Å². The molecule has 0 bridgehead atoms. The van der Waals surface area contributed by atoms with Crippen LogP contribution in [-0.2, 0) is 0 Å². The zero-order chi connectivity index (χ0) is 12.1. The summed E-state index contributed by atoms with van der Waals surface area (Å²) in [5.41, 5.74) is 0.493. The first-order valence-electron chi connectivity index (χ1n) is 7.19. The summed E-state index contributed by atoms with van der Waals surface area (Å²) >= 11 is 0. The van der Waals surface area contributed by atoms with Gasteiger partial charge in [-0.1, -0.05) is 32.6 Å². The summed E-state index contributed by atoms with van der Waals surface area (Å²) in [6.07, 6.45) is 10.9. The summed E-state index contributed by atoms with van der Waals surface area (Å²) < 4.78 is 0. The van der Waals surface area contributed by atoms with E-state index < -0.39 is 0 Å². The lowest BCUT2D eigenvalue weighted by Gasteiger charge is -2.26. The third-order valence-electron chi connectivity index (χ3n) is 4.41. The number of hydrogen-bond acceptors (Lipinski definition) is 1. The second kappa shape index (κ2) is 5.74. The predicted octanol–water partition coefficient (Wildman–Crippen LogP) is 2.67. The molecular formula is C14H27N3. The summed E-state index contributed by atoms with van der Waals surface area (Å²) in [5.74, 6) is 1.00. The van der Waals surface area contributed by atoms with Crippen molar-refractivity contribution in [1.29, 1.82) is 0 Å². The van der Waals surface area contributed by atoms with Crippen molar-refractivity contribution in [3.63, 3.8) is 0 Å². The lowest BCUT2D eigenvalue weighted by Crippen LogP contribution is -2.45. The van der Waals surface area contributed by atoms with Crippen LogP contribution in [0.1, 0.15) is 58.3 Å². The number of nitrogens with one attached hydrogen (secondary N) is 2. The molecule has 2 aliphatic carbocycles. The molecule has 3 heteroatoms. The van der Waals surface area contributed by atoms with Crippen LogP contribution in [0.2, 0.25) is 0 Å². The van der Waals surface area contributed by atoms with E-state index in [0.717, 1.165) is 12.5 Å². The van der Waals surface area contributed by atoms with Crippen molar-refractivity contribution in [3.05, 3.63) is 0 Å². The Balaban J connectivity index is 1.75. The molecule has 2 rings (SSSR count). The summed E-state index contributed by atoms with van der Waals surface area (Å²) in [7, 11) is 1.88. The highest BCUT2D eigenvalue weighted by molar-refractivity contribution is 5.80. The van der Waals surface area contributed by atoms with Gasteiger partial charge in [-0.25, -0.2) is 0 Å². The van der Waals surface area contributed by atoms with E-state index >= 15 is 0 Å². The normalized spacial score (nSPS) is 25.2. The number of rotatable bonds is 3. The van der Waals surface area contributed by atoms with Crippen LogP contribution >= 0.6 is 0 Å². The molecule has 3 nitrogen and oxygen atoms in total. The van der Waals surface area contributed by atoms with Crippen molar-refractivity contribution in [2.45, 2.75) is 64.3 Å². The average molecular weight is 237 g/mol. The Morgan fingerprint density at radius 1 is 1.18 bits per heavy atom. The van der Waals surface area contributed by atoms with Crippen molar-refractivity contribution in [2.75, 3.05) is 13.6 Å². The summed E-state index contributed by atoms with van der Waals surface area (Å²) in [6, 6.07) is 0.651. The SMILES string of the molecule is CN=C(NCC1(C)CCCC1)NC1CCCC1. The third kappa shape index (κ3) is 3.62. The van der Waals surface area contributed by atoms with Crippen LogP contribution < -0.4 is 10.6 Å². The van der Waals surface area contributed by atoms with Gasteiger partial charge in [-0.05, 0) is 31.1 Å². The fourth-order valence-corrected chi connectivity index (χ4v) is 3.16. The Hall–Kier alpha value is -0.730. The Labute approximate surface area is 105 Å². The molecule has 0 radical (unpaired) electrons. The topological polar surface area (TPSA) is 36.4 Å². The van der Waals surface area contributed by atoms with E-state index in [2.05, 4.69) is 22.5 Å². The number of guanidine groups is 1. The van der Waals surface area contributed by atoms with E-state index in [0.29, 0.717) is 11.5 Å². The largest absolute Gasteiger partial charge is 0.356 e. The molecule has 0 aliphatic heterocycles. The zero-order valence-electron chi connectivity index (χ0n) is 11.4. The Bertz CT molecular complexity index is 261. The zero-order valence-corrected chi connectivity index (χ0v) is 11.4. The molecule has 0 saturated heterocycles. The maximum atomic E-state index is 4.34. The van der Waals surface area contributed by atoms with E-state index in [9.17, 15) is 0 Å². The van der Waals surface area contributed by atoms with Gasteiger partial charge < -0.3 is 10.6 Å². The Kier molecular flexibility index (Phi) is 4.30. The molecule has 0 amide bonds. The number of nitrogens with zero attached hydrogens (tertiary/aromatic N) is 1. The maximum Gasteiger partial charge on any atom is 0.191 e. The van der Waals surface area contributed by atoms with Gasteiger partial charge in [0.15, 0.2) is 5.96 Å². The molecular weight excluding hydrogens is 210 g/mol. The minimum atomic E-state index is 0.493. The molecule has 0 aromatic rings. The van der Waals surface area contributed by atoms with Gasteiger partial charge >= 0.3 is 0 Å². The van der Waals surface area contributed by atoms with Gasteiger partial charge in [0, 0.05) is 19.6 Å². The number of aliphatic imine (C=N–C) groups is 1. The molecule has 2 aliphatic rings. The van der Waals surface area contributed by atoms with Gasteiger partial charge in [-0.2, -0.15) is 0 Å². The van der Waals surface area contributed by atoms with Crippen LogP contribution in [0.4, 0.5) is 0 Å². The number of hydrogen-bond donors (Lipinski definition) is 2. The summed E-state index contributed by atoms with van der Waals surface area (Å²) in [6.45, 7) is 3.47. The second-order valence-corrected chi connectivity index (χ2v) is 6.07. The van der Waals surface area contributed by atoms with E-state index in [-0.39, 0.29) is 0 Å². The van der Waals surface area contributed by atoms with Crippen molar-refractivity contribution < 1.29 is 0 Å². The minimum absolute atomic E-state index is 0.493. The van der Waals surface area contributed by atoms with Crippen LogP contribution in [0.15, 0.2) is 4.99 Å². The highest BCUT2D eigenvalue weighted by atomic mass is 15.2. The van der Waals surface area contributed by atoms with Gasteiger partial charge in [0.1, 0.15) is 0 Å². The molecule has 2 saturated carbocycles. The first-order chi connectivity index (χ1) is 8.22. The van der Waals surface area contributed by atoms with Crippen LogP contribution in [0.5, 0.6) is 0 Å². The maximum absolute atomic E-state index is 4.34. The molecule has 0 aromatic heterocycles. The molecule has 0 atom stereocenters. The van der Waals surface area contributed by atoms with Crippen molar-refractivity contribution in [2.24, 2.45) is 10.4 Å². The molecule has 17 heavy (non-hydrogen) atoms. The molecule has 98 valence electrons. The average Bonchev–Trinajstić information content (AvgIpc) is 2.96. The van der Waals surface area contributed by atoms with E-state index in [4.69, 9.17) is 0 Å². The van der Waals surface area contributed by atoms with Gasteiger partial charge in [0.2, 0.25) is 0 Å². The van der Waals surface area contributed by atoms with Gasteiger partial charge in [-0.15, -0.1) is 0 Å². The Morgan fingerprint density at radius 2 is 1.82 bits per heavy atom.